The molecule has 94 valence electrons. The van der Waals surface area contributed by atoms with Crippen LogP contribution >= 0.6 is 0 Å². The number of aliphatic hydroxyl groups is 1. The molecular formula is C14H16N2O2. The molecule has 0 aromatic heterocycles. The first kappa shape index (κ1) is 12.5. The maximum atomic E-state index is 11.7. The lowest BCUT2D eigenvalue weighted by Crippen LogP contribution is -2.28. The highest BCUT2D eigenvalue weighted by atomic mass is 16.2. The molecule has 0 unspecified atom stereocenters. The minimum Gasteiger partial charge on any atom is -0.384 e. The van der Waals surface area contributed by atoms with E-state index in [4.69, 9.17) is 5.11 Å². The van der Waals surface area contributed by atoms with Crippen molar-refractivity contribution in [3.8, 4) is 11.8 Å². The Labute approximate surface area is 107 Å². The Kier molecular flexibility index (Phi) is 3.85. The third-order valence-electron chi connectivity index (χ3n) is 2.94. The molecule has 1 aromatic rings. The first-order valence-corrected chi connectivity index (χ1v) is 5.89. The fourth-order valence-electron chi connectivity index (χ4n) is 1.91. The van der Waals surface area contributed by atoms with Gasteiger partial charge in [-0.1, -0.05) is 24.0 Å². The summed E-state index contributed by atoms with van der Waals surface area (Å²) in [5, 5.41) is 8.60. The van der Waals surface area contributed by atoms with Crippen LogP contribution in [0.2, 0.25) is 0 Å². The molecule has 2 amide bonds. The van der Waals surface area contributed by atoms with E-state index in [2.05, 4.69) is 11.8 Å². The van der Waals surface area contributed by atoms with Crippen LogP contribution in [0.15, 0.2) is 24.3 Å². The first-order valence-electron chi connectivity index (χ1n) is 5.89. The zero-order chi connectivity index (χ0) is 13.0. The Morgan fingerprint density at radius 3 is 2.56 bits per heavy atom. The van der Waals surface area contributed by atoms with E-state index in [1.54, 1.807) is 4.90 Å². The zero-order valence-electron chi connectivity index (χ0n) is 10.4. The lowest BCUT2D eigenvalue weighted by atomic mass is 10.1. The number of benzene rings is 1. The van der Waals surface area contributed by atoms with Crippen molar-refractivity contribution in [1.29, 1.82) is 0 Å². The van der Waals surface area contributed by atoms with E-state index >= 15 is 0 Å². The van der Waals surface area contributed by atoms with Crippen LogP contribution in [0.5, 0.6) is 0 Å². The van der Waals surface area contributed by atoms with Gasteiger partial charge in [0.25, 0.3) is 0 Å². The third kappa shape index (κ3) is 2.82. The van der Waals surface area contributed by atoms with Crippen LogP contribution in [0.3, 0.4) is 0 Å². The molecule has 4 heteroatoms. The summed E-state index contributed by atoms with van der Waals surface area (Å²) in [7, 11) is 1.82. The van der Waals surface area contributed by atoms with Crippen LogP contribution in [-0.4, -0.2) is 47.7 Å². The van der Waals surface area contributed by atoms with E-state index in [0.29, 0.717) is 6.54 Å². The summed E-state index contributed by atoms with van der Waals surface area (Å²) in [4.78, 5) is 15.3. The van der Waals surface area contributed by atoms with E-state index in [-0.39, 0.29) is 12.6 Å². The number of nitrogens with zero attached hydrogens (tertiary/aromatic N) is 2. The van der Waals surface area contributed by atoms with Gasteiger partial charge in [-0.25, -0.2) is 4.79 Å². The molecule has 1 aliphatic rings. The van der Waals surface area contributed by atoms with Gasteiger partial charge in [0, 0.05) is 32.2 Å². The standard InChI is InChI=1S/C14H16N2O2/c1-15-8-9-16(14(15)18)11-13-6-4-12(5-7-13)3-2-10-17/h4-7,17H,8-11H2,1H3. The molecule has 1 fully saturated rings. The quantitative estimate of drug-likeness (QED) is 0.785. The fraction of sp³-hybridized carbons (Fsp3) is 0.357. The molecule has 1 saturated heterocycles. The molecule has 0 saturated carbocycles. The number of hydrogen-bond donors (Lipinski definition) is 1. The highest BCUT2D eigenvalue weighted by Gasteiger charge is 2.24. The SMILES string of the molecule is CN1CCN(Cc2ccc(C#CCO)cc2)C1=O. The van der Waals surface area contributed by atoms with Crippen molar-refractivity contribution in [2.24, 2.45) is 0 Å². The van der Waals surface area contributed by atoms with E-state index in [0.717, 1.165) is 24.2 Å². The molecule has 18 heavy (non-hydrogen) atoms. The number of carbonyl (C=O) groups excluding carboxylic acids is 1. The van der Waals surface area contributed by atoms with Crippen LogP contribution in [0, 0.1) is 11.8 Å². The molecule has 1 N–H and O–H groups in total. The van der Waals surface area contributed by atoms with Crippen molar-refractivity contribution >= 4 is 6.03 Å². The van der Waals surface area contributed by atoms with Gasteiger partial charge in [0.05, 0.1) is 0 Å². The summed E-state index contributed by atoms with van der Waals surface area (Å²) in [6.07, 6.45) is 0. The topological polar surface area (TPSA) is 43.8 Å². The normalized spacial score (nSPS) is 14.7. The van der Waals surface area contributed by atoms with Gasteiger partial charge in [-0.05, 0) is 17.7 Å². The lowest BCUT2D eigenvalue weighted by molar-refractivity contribution is 0.197. The average Bonchev–Trinajstić information content (AvgIpc) is 2.70. The van der Waals surface area contributed by atoms with Crippen molar-refractivity contribution in [3.63, 3.8) is 0 Å². The van der Waals surface area contributed by atoms with Crippen molar-refractivity contribution in [2.75, 3.05) is 26.7 Å². The number of aliphatic hydroxyl groups excluding tert-OH is 1. The van der Waals surface area contributed by atoms with Crippen LogP contribution in [0.1, 0.15) is 11.1 Å². The van der Waals surface area contributed by atoms with E-state index < -0.39 is 0 Å². The summed E-state index contributed by atoms with van der Waals surface area (Å²) < 4.78 is 0. The largest absolute Gasteiger partial charge is 0.384 e. The molecule has 4 nitrogen and oxygen atoms in total. The molecule has 1 aromatic carbocycles. The van der Waals surface area contributed by atoms with Crippen LogP contribution in [0.4, 0.5) is 4.79 Å². The van der Waals surface area contributed by atoms with Gasteiger partial charge in [-0.15, -0.1) is 0 Å². The molecule has 0 radical (unpaired) electrons. The molecule has 0 spiro atoms. The zero-order valence-corrected chi connectivity index (χ0v) is 10.4. The predicted octanol–water partition coefficient (Wildman–Crippen LogP) is 0.898. The van der Waals surface area contributed by atoms with E-state index in [1.165, 1.54) is 0 Å². The minimum absolute atomic E-state index is 0.0825. The number of hydrogen-bond acceptors (Lipinski definition) is 2. The van der Waals surface area contributed by atoms with E-state index in [1.807, 2.05) is 36.2 Å². The number of carbonyl (C=O) groups is 1. The summed E-state index contributed by atoms with van der Waals surface area (Å²) in [6.45, 7) is 2.08. The third-order valence-corrected chi connectivity index (χ3v) is 2.94. The molecule has 0 aliphatic carbocycles. The van der Waals surface area contributed by atoms with Crippen molar-refractivity contribution in [2.45, 2.75) is 6.54 Å². The second-order valence-corrected chi connectivity index (χ2v) is 4.28. The van der Waals surface area contributed by atoms with Gasteiger partial charge in [-0.3, -0.25) is 0 Å². The molecule has 1 aliphatic heterocycles. The first-order chi connectivity index (χ1) is 8.70. The number of amides is 2. The second kappa shape index (κ2) is 5.56. The van der Waals surface area contributed by atoms with Gasteiger partial charge < -0.3 is 14.9 Å². The monoisotopic (exact) mass is 244 g/mol. The highest BCUT2D eigenvalue weighted by molar-refractivity contribution is 5.76. The van der Waals surface area contributed by atoms with Gasteiger partial charge in [0.2, 0.25) is 0 Å². The van der Waals surface area contributed by atoms with Crippen molar-refractivity contribution < 1.29 is 9.90 Å². The Morgan fingerprint density at radius 1 is 1.28 bits per heavy atom. The van der Waals surface area contributed by atoms with E-state index in [9.17, 15) is 4.79 Å². The van der Waals surface area contributed by atoms with Crippen LogP contribution in [-0.2, 0) is 6.54 Å². The van der Waals surface area contributed by atoms with Crippen molar-refractivity contribution in [1.82, 2.24) is 9.80 Å². The maximum Gasteiger partial charge on any atom is 0.320 e. The molecular weight excluding hydrogens is 228 g/mol. The Hall–Kier alpha value is -1.99. The molecule has 1 heterocycles. The second-order valence-electron chi connectivity index (χ2n) is 4.28. The van der Waals surface area contributed by atoms with Crippen LogP contribution in [0.25, 0.3) is 0 Å². The summed E-state index contributed by atoms with van der Waals surface area (Å²) in [5.41, 5.74) is 1.96. The Balaban J connectivity index is 2.00. The summed E-state index contributed by atoms with van der Waals surface area (Å²) in [6, 6.07) is 7.82. The lowest BCUT2D eigenvalue weighted by Gasteiger charge is -2.15. The Bertz CT molecular complexity index is 485. The minimum atomic E-state index is -0.129. The number of rotatable bonds is 2. The highest BCUT2D eigenvalue weighted by Crippen LogP contribution is 2.12. The van der Waals surface area contributed by atoms with Gasteiger partial charge in [-0.2, -0.15) is 0 Å². The van der Waals surface area contributed by atoms with Crippen LogP contribution < -0.4 is 0 Å². The smallest absolute Gasteiger partial charge is 0.320 e. The van der Waals surface area contributed by atoms with Crippen molar-refractivity contribution in [3.05, 3.63) is 35.4 Å². The average molecular weight is 244 g/mol. The number of urea groups is 1. The van der Waals surface area contributed by atoms with Gasteiger partial charge in [0.15, 0.2) is 0 Å². The summed E-state index contributed by atoms with van der Waals surface area (Å²) >= 11 is 0. The molecule has 2 rings (SSSR count). The predicted molar refractivity (Wildman–Crippen MR) is 68.8 cm³/mol. The van der Waals surface area contributed by atoms with Gasteiger partial charge in [0.1, 0.15) is 6.61 Å². The fourth-order valence-corrected chi connectivity index (χ4v) is 1.91. The molecule has 0 atom stereocenters. The van der Waals surface area contributed by atoms with Gasteiger partial charge >= 0.3 is 6.03 Å². The molecule has 0 bridgehead atoms. The number of likely N-dealkylation sites (N-methyl/N-ethyl adjacent to an activating group) is 1. The maximum absolute atomic E-state index is 11.7. The summed E-state index contributed by atoms with van der Waals surface area (Å²) in [5.74, 6) is 5.45. The Morgan fingerprint density at radius 2 is 2.00 bits per heavy atom.